The minimum Gasteiger partial charge on any atom is -0.390 e. The Hall–Kier alpha value is -0.570. The van der Waals surface area contributed by atoms with Crippen molar-refractivity contribution in [2.45, 2.75) is 42.8 Å². The van der Waals surface area contributed by atoms with Crippen molar-refractivity contribution in [3.63, 3.8) is 0 Å². The number of nitrogens with one attached hydrogen (secondary N) is 1. The highest BCUT2D eigenvalue weighted by molar-refractivity contribution is 8.00. The number of aryl methyl sites for hydroxylation is 1. The highest BCUT2D eigenvalue weighted by atomic mass is 32.2. The SMILES string of the molecule is Cc1[nH]nc(CO)c1S(=O)(=O)N1CC(C)SC(C)C1. The van der Waals surface area contributed by atoms with Crippen LogP contribution in [0.4, 0.5) is 0 Å². The second kappa shape index (κ2) is 5.43. The van der Waals surface area contributed by atoms with E-state index >= 15 is 0 Å². The Morgan fingerprint density at radius 2 is 2.00 bits per heavy atom. The Labute approximate surface area is 117 Å². The largest absolute Gasteiger partial charge is 0.390 e. The van der Waals surface area contributed by atoms with E-state index < -0.39 is 10.0 Å². The van der Waals surface area contributed by atoms with Crippen LogP contribution in [0.5, 0.6) is 0 Å². The molecule has 1 aliphatic heterocycles. The molecule has 1 aliphatic rings. The monoisotopic (exact) mass is 305 g/mol. The molecular weight excluding hydrogens is 286 g/mol. The summed E-state index contributed by atoms with van der Waals surface area (Å²) in [5.41, 5.74) is 0.665. The fraction of sp³-hybridized carbons (Fsp3) is 0.727. The van der Waals surface area contributed by atoms with Gasteiger partial charge in [0, 0.05) is 23.6 Å². The first-order chi connectivity index (χ1) is 8.86. The third-order valence-corrected chi connectivity index (χ3v) is 6.36. The van der Waals surface area contributed by atoms with Crippen LogP contribution in [-0.2, 0) is 16.6 Å². The van der Waals surface area contributed by atoms with E-state index in [0.717, 1.165) is 0 Å². The van der Waals surface area contributed by atoms with Crippen LogP contribution in [-0.4, -0.2) is 51.6 Å². The van der Waals surface area contributed by atoms with Crippen LogP contribution >= 0.6 is 11.8 Å². The number of sulfonamides is 1. The van der Waals surface area contributed by atoms with Gasteiger partial charge >= 0.3 is 0 Å². The Kier molecular flexibility index (Phi) is 4.24. The van der Waals surface area contributed by atoms with E-state index in [1.54, 1.807) is 18.7 Å². The minimum atomic E-state index is -3.59. The number of thioether (sulfide) groups is 1. The molecule has 0 aromatic carbocycles. The highest BCUT2D eigenvalue weighted by Gasteiger charge is 2.35. The van der Waals surface area contributed by atoms with E-state index in [4.69, 9.17) is 0 Å². The van der Waals surface area contributed by atoms with Crippen LogP contribution < -0.4 is 0 Å². The lowest BCUT2D eigenvalue weighted by Gasteiger charge is -2.33. The molecule has 0 bridgehead atoms. The smallest absolute Gasteiger partial charge is 0.246 e. The summed E-state index contributed by atoms with van der Waals surface area (Å²) < 4.78 is 26.9. The number of aromatic amines is 1. The number of aliphatic hydroxyl groups is 1. The van der Waals surface area contributed by atoms with Gasteiger partial charge in [-0.2, -0.15) is 21.2 Å². The van der Waals surface area contributed by atoms with Gasteiger partial charge in [0.15, 0.2) is 0 Å². The zero-order valence-electron chi connectivity index (χ0n) is 11.3. The van der Waals surface area contributed by atoms with E-state index in [9.17, 15) is 13.5 Å². The molecule has 8 heteroatoms. The summed E-state index contributed by atoms with van der Waals surface area (Å²) in [4.78, 5) is 0.126. The normalized spacial score (nSPS) is 25.7. The van der Waals surface area contributed by atoms with Crippen LogP contribution in [0, 0.1) is 6.92 Å². The van der Waals surface area contributed by atoms with Gasteiger partial charge in [-0.15, -0.1) is 0 Å². The molecule has 0 radical (unpaired) electrons. The Morgan fingerprint density at radius 1 is 1.42 bits per heavy atom. The number of nitrogens with zero attached hydrogens (tertiary/aromatic N) is 2. The van der Waals surface area contributed by atoms with Gasteiger partial charge in [0.05, 0.1) is 12.3 Å². The van der Waals surface area contributed by atoms with Crippen molar-refractivity contribution in [3.05, 3.63) is 11.4 Å². The predicted molar refractivity (Wildman–Crippen MR) is 74.5 cm³/mol. The standard InChI is InChI=1S/C11H19N3O3S2/c1-7-4-14(5-8(2)18-7)19(16,17)11-9(3)12-13-10(11)6-15/h7-8,15H,4-6H2,1-3H3,(H,12,13). The summed E-state index contributed by atoms with van der Waals surface area (Å²) in [7, 11) is -3.59. The maximum atomic E-state index is 12.7. The molecule has 0 saturated carbocycles. The Bertz CT molecular complexity index is 546. The highest BCUT2D eigenvalue weighted by Crippen LogP contribution is 2.30. The second-order valence-electron chi connectivity index (χ2n) is 4.86. The second-order valence-corrected chi connectivity index (χ2v) is 8.62. The molecule has 2 heterocycles. The molecule has 1 aromatic heterocycles. The molecule has 108 valence electrons. The average molecular weight is 305 g/mol. The van der Waals surface area contributed by atoms with Crippen LogP contribution in [0.2, 0.25) is 0 Å². The van der Waals surface area contributed by atoms with Crippen molar-refractivity contribution >= 4 is 21.8 Å². The Balaban J connectivity index is 2.39. The molecule has 1 fully saturated rings. The lowest BCUT2D eigenvalue weighted by atomic mass is 10.4. The summed E-state index contributed by atoms with van der Waals surface area (Å²) in [6.07, 6.45) is 0. The van der Waals surface area contributed by atoms with Gasteiger partial charge in [0.2, 0.25) is 10.0 Å². The maximum Gasteiger partial charge on any atom is 0.246 e. The van der Waals surface area contributed by atoms with Crippen molar-refractivity contribution in [2.24, 2.45) is 0 Å². The summed E-state index contributed by atoms with van der Waals surface area (Å²) in [5.74, 6) is 0. The Morgan fingerprint density at radius 3 is 2.53 bits per heavy atom. The van der Waals surface area contributed by atoms with Gasteiger partial charge in [-0.1, -0.05) is 13.8 Å². The van der Waals surface area contributed by atoms with Gasteiger partial charge in [-0.25, -0.2) is 8.42 Å². The summed E-state index contributed by atoms with van der Waals surface area (Å²) in [5, 5.41) is 16.2. The van der Waals surface area contributed by atoms with E-state index in [2.05, 4.69) is 10.2 Å². The van der Waals surface area contributed by atoms with Gasteiger partial charge in [-0.05, 0) is 6.92 Å². The lowest BCUT2D eigenvalue weighted by Crippen LogP contribution is -2.44. The van der Waals surface area contributed by atoms with Crippen molar-refractivity contribution < 1.29 is 13.5 Å². The van der Waals surface area contributed by atoms with E-state index in [1.807, 2.05) is 13.8 Å². The first-order valence-electron chi connectivity index (χ1n) is 6.16. The third-order valence-electron chi connectivity index (χ3n) is 3.10. The van der Waals surface area contributed by atoms with Crippen LogP contribution in [0.1, 0.15) is 25.2 Å². The third kappa shape index (κ3) is 2.81. The zero-order chi connectivity index (χ0) is 14.2. The molecule has 2 unspecified atom stereocenters. The van der Waals surface area contributed by atoms with Crippen molar-refractivity contribution in [1.29, 1.82) is 0 Å². The van der Waals surface area contributed by atoms with Crippen molar-refractivity contribution in [3.8, 4) is 0 Å². The summed E-state index contributed by atoms with van der Waals surface area (Å²) in [6.45, 7) is 6.31. The molecular formula is C11H19N3O3S2. The van der Waals surface area contributed by atoms with Crippen LogP contribution in [0.15, 0.2) is 4.90 Å². The number of rotatable bonds is 3. The fourth-order valence-corrected chi connectivity index (χ4v) is 5.83. The molecule has 0 amide bonds. The number of hydrogen-bond acceptors (Lipinski definition) is 5. The molecule has 0 aliphatic carbocycles. The topological polar surface area (TPSA) is 86.3 Å². The fourth-order valence-electron chi connectivity index (χ4n) is 2.37. The van der Waals surface area contributed by atoms with Crippen molar-refractivity contribution in [2.75, 3.05) is 13.1 Å². The van der Waals surface area contributed by atoms with Gasteiger partial charge in [0.1, 0.15) is 10.6 Å². The number of aromatic nitrogens is 2. The van der Waals surface area contributed by atoms with Crippen molar-refractivity contribution in [1.82, 2.24) is 14.5 Å². The average Bonchev–Trinajstić information content (AvgIpc) is 2.69. The molecule has 6 nitrogen and oxygen atoms in total. The van der Waals surface area contributed by atoms with E-state index in [0.29, 0.717) is 18.8 Å². The van der Waals surface area contributed by atoms with Gasteiger partial charge < -0.3 is 5.11 Å². The lowest BCUT2D eigenvalue weighted by molar-refractivity contribution is 0.273. The number of hydrogen-bond donors (Lipinski definition) is 2. The maximum absolute atomic E-state index is 12.7. The quantitative estimate of drug-likeness (QED) is 0.859. The van der Waals surface area contributed by atoms with E-state index in [-0.39, 0.29) is 27.7 Å². The molecule has 2 atom stereocenters. The molecule has 19 heavy (non-hydrogen) atoms. The van der Waals surface area contributed by atoms with E-state index in [1.165, 1.54) is 4.31 Å². The summed E-state index contributed by atoms with van der Waals surface area (Å²) >= 11 is 1.79. The zero-order valence-corrected chi connectivity index (χ0v) is 12.9. The molecule has 0 spiro atoms. The summed E-state index contributed by atoms with van der Waals surface area (Å²) in [6, 6.07) is 0. The van der Waals surface area contributed by atoms with Gasteiger partial charge in [-0.3, -0.25) is 5.10 Å². The first-order valence-corrected chi connectivity index (χ1v) is 8.54. The molecule has 1 saturated heterocycles. The van der Waals surface area contributed by atoms with Crippen LogP contribution in [0.3, 0.4) is 0 Å². The predicted octanol–water partition coefficient (Wildman–Crippen LogP) is 0.725. The molecule has 1 aromatic rings. The van der Waals surface area contributed by atoms with Crippen LogP contribution in [0.25, 0.3) is 0 Å². The molecule has 2 rings (SSSR count). The number of H-pyrrole nitrogens is 1. The molecule has 2 N–H and O–H groups in total. The number of aliphatic hydroxyl groups excluding tert-OH is 1. The minimum absolute atomic E-state index is 0.126. The first kappa shape index (κ1) is 14.8. The van der Waals surface area contributed by atoms with Gasteiger partial charge in [0.25, 0.3) is 0 Å².